The Labute approximate surface area is 178 Å². The Kier molecular flexibility index (Phi) is 5.47. The van der Waals surface area contributed by atoms with Gasteiger partial charge in [0.2, 0.25) is 5.91 Å². The SMILES string of the molecule is CC(C(=O)Nc1ccc(Cl)cc1)C1CCC2(CC1)COc1cc(C(F)(F)F)ccc12. The van der Waals surface area contributed by atoms with Crippen molar-refractivity contribution in [2.24, 2.45) is 11.8 Å². The average Bonchev–Trinajstić information content (AvgIpc) is 3.07. The fourth-order valence-corrected chi connectivity index (χ4v) is 4.79. The van der Waals surface area contributed by atoms with E-state index in [2.05, 4.69) is 5.32 Å². The molecule has 0 radical (unpaired) electrons. The molecule has 1 unspecified atom stereocenters. The maximum absolute atomic E-state index is 13.0. The number of fused-ring (bicyclic) bond motifs is 2. The third kappa shape index (κ3) is 4.02. The molecule has 3 nitrogen and oxygen atoms in total. The third-order valence-corrected chi connectivity index (χ3v) is 6.86. The Bertz CT molecular complexity index is 934. The molecule has 0 bridgehead atoms. The van der Waals surface area contributed by atoms with Gasteiger partial charge in [-0.05, 0) is 68.0 Å². The summed E-state index contributed by atoms with van der Waals surface area (Å²) >= 11 is 5.88. The van der Waals surface area contributed by atoms with Gasteiger partial charge in [0.1, 0.15) is 5.75 Å². The molecule has 0 saturated heterocycles. The van der Waals surface area contributed by atoms with Crippen LogP contribution >= 0.6 is 11.6 Å². The molecule has 4 rings (SSSR count). The highest BCUT2D eigenvalue weighted by molar-refractivity contribution is 6.30. The zero-order chi connectivity index (χ0) is 21.5. The molecule has 1 spiro atoms. The molecule has 2 aromatic carbocycles. The Morgan fingerprint density at radius 3 is 2.47 bits per heavy atom. The number of alkyl halides is 3. The molecule has 1 fully saturated rings. The summed E-state index contributed by atoms with van der Waals surface area (Å²) in [5, 5.41) is 3.55. The Hall–Kier alpha value is -2.21. The fourth-order valence-electron chi connectivity index (χ4n) is 4.66. The lowest BCUT2D eigenvalue weighted by atomic mass is 9.65. The maximum Gasteiger partial charge on any atom is 0.416 e. The van der Waals surface area contributed by atoms with Gasteiger partial charge in [-0.3, -0.25) is 4.79 Å². The summed E-state index contributed by atoms with van der Waals surface area (Å²) in [5.41, 5.74) is 0.649. The van der Waals surface area contributed by atoms with Crippen LogP contribution in [-0.4, -0.2) is 12.5 Å². The molecule has 30 heavy (non-hydrogen) atoms. The number of carbonyl (C=O) groups excluding carboxylic acids is 1. The molecule has 160 valence electrons. The fraction of sp³-hybridized carbons (Fsp3) is 0.435. The first kappa shape index (κ1) is 21.0. The summed E-state index contributed by atoms with van der Waals surface area (Å²) in [6.07, 6.45) is -1.11. The van der Waals surface area contributed by atoms with E-state index in [4.69, 9.17) is 16.3 Å². The lowest BCUT2D eigenvalue weighted by Gasteiger charge is -2.38. The van der Waals surface area contributed by atoms with E-state index in [1.165, 1.54) is 0 Å². The number of halogens is 4. The first-order valence-electron chi connectivity index (χ1n) is 10.1. The number of benzene rings is 2. The van der Waals surface area contributed by atoms with Crippen LogP contribution < -0.4 is 10.1 Å². The van der Waals surface area contributed by atoms with Gasteiger partial charge in [0.05, 0.1) is 12.2 Å². The smallest absolute Gasteiger partial charge is 0.416 e. The van der Waals surface area contributed by atoms with Crippen molar-refractivity contribution in [3.63, 3.8) is 0 Å². The summed E-state index contributed by atoms with van der Waals surface area (Å²) in [6, 6.07) is 10.8. The van der Waals surface area contributed by atoms with Gasteiger partial charge in [0.15, 0.2) is 0 Å². The van der Waals surface area contributed by atoms with Gasteiger partial charge in [-0.15, -0.1) is 0 Å². The number of nitrogens with one attached hydrogen (secondary N) is 1. The van der Waals surface area contributed by atoms with E-state index >= 15 is 0 Å². The minimum Gasteiger partial charge on any atom is -0.492 e. The van der Waals surface area contributed by atoms with Gasteiger partial charge in [0, 0.05) is 27.6 Å². The zero-order valence-electron chi connectivity index (χ0n) is 16.6. The predicted molar refractivity (Wildman–Crippen MR) is 110 cm³/mol. The Morgan fingerprint density at radius 2 is 1.83 bits per heavy atom. The molecule has 2 aliphatic rings. The summed E-state index contributed by atoms with van der Waals surface area (Å²) in [5.74, 6) is 0.377. The van der Waals surface area contributed by atoms with Crippen molar-refractivity contribution in [1.29, 1.82) is 0 Å². The van der Waals surface area contributed by atoms with E-state index in [1.54, 1.807) is 30.3 Å². The minimum atomic E-state index is -4.38. The second kappa shape index (κ2) is 7.80. The third-order valence-electron chi connectivity index (χ3n) is 6.60. The van der Waals surface area contributed by atoms with E-state index < -0.39 is 11.7 Å². The Morgan fingerprint density at radius 1 is 1.17 bits per heavy atom. The van der Waals surface area contributed by atoms with Crippen LogP contribution in [0.25, 0.3) is 0 Å². The van der Waals surface area contributed by atoms with E-state index in [9.17, 15) is 18.0 Å². The van der Waals surface area contributed by atoms with Gasteiger partial charge in [-0.25, -0.2) is 0 Å². The van der Waals surface area contributed by atoms with E-state index in [-0.39, 0.29) is 23.2 Å². The molecular formula is C23H23ClF3NO2. The van der Waals surface area contributed by atoms with Crippen LogP contribution in [-0.2, 0) is 16.4 Å². The van der Waals surface area contributed by atoms with Crippen molar-refractivity contribution in [3.05, 3.63) is 58.6 Å². The van der Waals surface area contributed by atoms with Crippen molar-refractivity contribution in [2.45, 2.75) is 44.2 Å². The number of ether oxygens (including phenoxy) is 1. The molecule has 1 amide bonds. The van der Waals surface area contributed by atoms with E-state index in [0.29, 0.717) is 23.1 Å². The van der Waals surface area contributed by atoms with Crippen LogP contribution in [0.15, 0.2) is 42.5 Å². The monoisotopic (exact) mass is 437 g/mol. The number of amides is 1. The van der Waals surface area contributed by atoms with Gasteiger partial charge in [-0.1, -0.05) is 24.6 Å². The van der Waals surface area contributed by atoms with Crippen LogP contribution in [0.2, 0.25) is 5.02 Å². The molecule has 0 aromatic heterocycles. The summed E-state index contributed by atoms with van der Waals surface area (Å²) < 4.78 is 44.6. The summed E-state index contributed by atoms with van der Waals surface area (Å²) in [4.78, 5) is 12.7. The number of carbonyl (C=O) groups is 1. The summed E-state index contributed by atoms with van der Waals surface area (Å²) in [6.45, 7) is 2.34. The largest absolute Gasteiger partial charge is 0.492 e. The molecule has 1 heterocycles. The van der Waals surface area contributed by atoms with Crippen molar-refractivity contribution < 1.29 is 22.7 Å². The highest BCUT2D eigenvalue weighted by Crippen LogP contribution is 2.51. The van der Waals surface area contributed by atoms with Crippen LogP contribution in [0.5, 0.6) is 5.75 Å². The summed E-state index contributed by atoms with van der Waals surface area (Å²) in [7, 11) is 0. The van der Waals surface area contributed by atoms with Crippen LogP contribution in [0.4, 0.5) is 18.9 Å². The normalized spacial score (nSPS) is 24.2. The molecule has 7 heteroatoms. The number of rotatable bonds is 3. The number of hydrogen-bond donors (Lipinski definition) is 1. The second-order valence-corrected chi connectivity index (χ2v) is 8.84. The Balaban J connectivity index is 1.41. The number of hydrogen-bond acceptors (Lipinski definition) is 2. The molecule has 1 aliphatic carbocycles. The highest BCUT2D eigenvalue weighted by atomic mass is 35.5. The molecule has 2 aromatic rings. The van der Waals surface area contributed by atoms with Gasteiger partial charge >= 0.3 is 6.18 Å². The minimum absolute atomic E-state index is 0.0313. The average molecular weight is 438 g/mol. The van der Waals surface area contributed by atoms with Gasteiger partial charge in [0.25, 0.3) is 0 Å². The first-order chi connectivity index (χ1) is 14.2. The lowest BCUT2D eigenvalue weighted by molar-refractivity contribution is -0.137. The zero-order valence-corrected chi connectivity index (χ0v) is 17.3. The van der Waals surface area contributed by atoms with Crippen LogP contribution in [0, 0.1) is 11.8 Å². The molecular weight excluding hydrogens is 415 g/mol. The van der Waals surface area contributed by atoms with Crippen LogP contribution in [0.1, 0.15) is 43.7 Å². The first-order valence-corrected chi connectivity index (χ1v) is 10.5. The van der Waals surface area contributed by atoms with E-state index in [1.807, 2.05) is 6.92 Å². The van der Waals surface area contributed by atoms with Crippen molar-refractivity contribution >= 4 is 23.2 Å². The van der Waals surface area contributed by atoms with Crippen LogP contribution in [0.3, 0.4) is 0 Å². The van der Waals surface area contributed by atoms with Crippen molar-refractivity contribution in [1.82, 2.24) is 0 Å². The predicted octanol–water partition coefficient (Wildman–Crippen LogP) is 6.45. The van der Waals surface area contributed by atoms with Crippen molar-refractivity contribution in [3.8, 4) is 5.75 Å². The number of anilines is 1. The standard InChI is InChI=1S/C23H23ClF3NO2/c1-14(21(29)28-18-5-3-17(24)4-6-18)15-8-10-22(11-9-15)13-30-20-12-16(23(25,26)27)2-7-19(20)22/h2-7,12,14-15H,8-11,13H2,1H3,(H,28,29). The highest BCUT2D eigenvalue weighted by Gasteiger charge is 2.45. The molecule has 1 saturated carbocycles. The van der Waals surface area contributed by atoms with Gasteiger partial charge in [-0.2, -0.15) is 13.2 Å². The maximum atomic E-state index is 13.0. The lowest BCUT2D eigenvalue weighted by Crippen LogP contribution is -2.37. The topological polar surface area (TPSA) is 38.3 Å². The molecule has 1 aliphatic heterocycles. The molecule has 1 atom stereocenters. The van der Waals surface area contributed by atoms with Crippen molar-refractivity contribution in [2.75, 3.05) is 11.9 Å². The van der Waals surface area contributed by atoms with Gasteiger partial charge < -0.3 is 10.1 Å². The quantitative estimate of drug-likeness (QED) is 0.598. The second-order valence-electron chi connectivity index (χ2n) is 8.40. The van der Waals surface area contributed by atoms with E-state index in [0.717, 1.165) is 43.4 Å². The molecule has 1 N–H and O–H groups in total.